The first-order valence-corrected chi connectivity index (χ1v) is 7.33. The standard InChI is InChI=1S/C15H11BrF3NO3.ClH/c16-11-6-13-12(21-7-22-13)5-10(11)14(20)8-1-3-9(4-2-8)23-15(17,18)19;/h1-6,14H,7,20H2;1H/t14-;/m1./s1. The van der Waals surface area contributed by atoms with Gasteiger partial charge in [0.25, 0.3) is 0 Å². The van der Waals surface area contributed by atoms with Crippen LogP contribution < -0.4 is 19.9 Å². The molecule has 0 aliphatic carbocycles. The van der Waals surface area contributed by atoms with E-state index >= 15 is 0 Å². The monoisotopic (exact) mass is 425 g/mol. The first kappa shape index (κ1) is 18.7. The highest BCUT2D eigenvalue weighted by Gasteiger charge is 2.31. The zero-order chi connectivity index (χ0) is 16.6. The second kappa shape index (κ2) is 7.08. The van der Waals surface area contributed by atoms with Gasteiger partial charge in [0.15, 0.2) is 11.5 Å². The van der Waals surface area contributed by atoms with Crippen LogP contribution in [0.25, 0.3) is 0 Å². The summed E-state index contributed by atoms with van der Waals surface area (Å²) in [6.45, 7) is 0.143. The molecule has 0 fully saturated rings. The number of benzene rings is 2. The number of hydrogen-bond acceptors (Lipinski definition) is 4. The highest BCUT2D eigenvalue weighted by molar-refractivity contribution is 9.10. The molecule has 1 atom stereocenters. The number of alkyl halides is 3. The van der Waals surface area contributed by atoms with E-state index in [0.29, 0.717) is 17.1 Å². The predicted octanol–water partition coefficient (Wildman–Crippen LogP) is 4.55. The van der Waals surface area contributed by atoms with Crippen molar-refractivity contribution in [3.05, 3.63) is 52.0 Å². The first-order valence-electron chi connectivity index (χ1n) is 6.54. The molecule has 0 amide bonds. The summed E-state index contributed by atoms with van der Waals surface area (Å²) >= 11 is 3.41. The van der Waals surface area contributed by atoms with Gasteiger partial charge in [0.05, 0.1) is 6.04 Å². The van der Waals surface area contributed by atoms with Gasteiger partial charge in [0.2, 0.25) is 6.79 Å². The van der Waals surface area contributed by atoms with Crippen LogP contribution in [-0.2, 0) is 0 Å². The minimum absolute atomic E-state index is 0. The Labute approximate surface area is 150 Å². The largest absolute Gasteiger partial charge is 0.573 e. The Kier molecular flexibility index (Phi) is 5.52. The smallest absolute Gasteiger partial charge is 0.454 e. The third kappa shape index (κ3) is 4.06. The summed E-state index contributed by atoms with van der Waals surface area (Å²) in [4.78, 5) is 0. The quantitative estimate of drug-likeness (QED) is 0.783. The molecule has 1 aliphatic heterocycles. The Bertz CT molecular complexity index is 725. The molecule has 0 saturated heterocycles. The molecule has 1 aliphatic rings. The summed E-state index contributed by atoms with van der Waals surface area (Å²) in [6.07, 6.45) is -4.72. The lowest BCUT2D eigenvalue weighted by atomic mass is 9.99. The number of hydrogen-bond donors (Lipinski definition) is 1. The molecule has 0 radical (unpaired) electrons. The van der Waals surface area contributed by atoms with E-state index in [9.17, 15) is 13.2 Å². The van der Waals surface area contributed by atoms with Crippen molar-refractivity contribution in [1.82, 2.24) is 0 Å². The SMILES string of the molecule is Cl.N[C@H](c1ccc(OC(F)(F)F)cc1)c1cc2c(cc1Br)OCO2. The summed E-state index contributed by atoms with van der Waals surface area (Å²) < 4.78 is 51.6. The van der Waals surface area contributed by atoms with E-state index in [4.69, 9.17) is 15.2 Å². The maximum absolute atomic E-state index is 12.2. The van der Waals surface area contributed by atoms with Gasteiger partial charge < -0.3 is 19.9 Å². The molecule has 9 heteroatoms. The van der Waals surface area contributed by atoms with E-state index in [0.717, 1.165) is 10.0 Å². The predicted molar refractivity (Wildman–Crippen MR) is 86.7 cm³/mol. The molecular formula is C15H12BrClF3NO3. The molecule has 0 unspecified atom stereocenters. The molecule has 2 N–H and O–H groups in total. The first-order chi connectivity index (χ1) is 10.8. The van der Waals surface area contributed by atoms with Crippen LogP contribution in [0.4, 0.5) is 13.2 Å². The van der Waals surface area contributed by atoms with Gasteiger partial charge in [0.1, 0.15) is 5.75 Å². The Morgan fingerprint density at radius 3 is 2.25 bits per heavy atom. The lowest BCUT2D eigenvalue weighted by Crippen LogP contribution is -2.17. The highest BCUT2D eigenvalue weighted by atomic mass is 79.9. The molecule has 3 rings (SSSR count). The van der Waals surface area contributed by atoms with Crippen molar-refractivity contribution in [3.8, 4) is 17.2 Å². The summed E-state index contributed by atoms with van der Waals surface area (Å²) in [5.41, 5.74) is 7.57. The molecule has 2 aromatic carbocycles. The van der Waals surface area contributed by atoms with Crippen LogP contribution in [0.5, 0.6) is 17.2 Å². The zero-order valence-electron chi connectivity index (χ0n) is 12.0. The van der Waals surface area contributed by atoms with Crippen molar-refractivity contribution in [3.63, 3.8) is 0 Å². The number of rotatable bonds is 3. The minimum atomic E-state index is -4.72. The Balaban J connectivity index is 0.00000208. The summed E-state index contributed by atoms with van der Waals surface area (Å²) in [5, 5.41) is 0. The van der Waals surface area contributed by atoms with Crippen molar-refractivity contribution in [2.75, 3.05) is 6.79 Å². The minimum Gasteiger partial charge on any atom is -0.454 e. The van der Waals surface area contributed by atoms with E-state index in [1.165, 1.54) is 24.3 Å². The van der Waals surface area contributed by atoms with Crippen LogP contribution >= 0.6 is 28.3 Å². The Morgan fingerprint density at radius 1 is 1.08 bits per heavy atom. The second-order valence-electron chi connectivity index (χ2n) is 4.82. The van der Waals surface area contributed by atoms with Crippen molar-refractivity contribution >= 4 is 28.3 Å². The van der Waals surface area contributed by atoms with Crippen LogP contribution in [-0.4, -0.2) is 13.2 Å². The molecule has 0 aromatic heterocycles. The summed E-state index contributed by atoms with van der Waals surface area (Å²) in [6, 6.07) is 8.38. The molecular weight excluding hydrogens is 415 g/mol. The van der Waals surface area contributed by atoms with E-state index in [1.54, 1.807) is 12.1 Å². The third-order valence-corrected chi connectivity index (χ3v) is 3.99. The maximum atomic E-state index is 12.2. The Morgan fingerprint density at radius 2 is 1.67 bits per heavy atom. The number of fused-ring (bicyclic) bond motifs is 1. The van der Waals surface area contributed by atoms with Gasteiger partial charge in [-0.05, 0) is 35.4 Å². The molecule has 1 heterocycles. The average Bonchev–Trinajstić information content (AvgIpc) is 2.92. The fraction of sp³-hybridized carbons (Fsp3) is 0.200. The van der Waals surface area contributed by atoms with Crippen LogP contribution in [0, 0.1) is 0 Å². The lowest BCUT2D eigenvalue weighted by molar-refractivity contribution is -0.274. The van der Waals surface area contributed by atoms with Crippen molar-refractivity contribution in [1.29, 1.82) is 0 Å². The molecule has 130 valence electrons. The van der Waals surface area contributed by atoms with Crippen LogP contribution in [0.3, 0.4) is 0 Å². The fourth-order valence-electron chi connectivity index (χ4n) is 2.23. The van der Waals surface area contributed by atoms with E-state index in [2.05, 4.69) is 20.7 Å². The van der Waals surface area contributed by atoms with E-state index in [-0.39, 0.29) is 24.9 Å². The molecule has 0 spiro atoms. The lowest BCUT2D eigenvalue weighted by Gasteiger charge is -2.16. The van der Waals surface area contributed by atoms with Crippen molar-refractivity contribution in [2.45, 2.75) is 12.4 Å². The van der Waals surface area contributed by atoms with Crippen molar-refractivity contribution in [2.24, 2.45) is 5.73 Å². The van der Waals surface area contributed by atoms with Crippen LogP contribution in [0.15, 0.2) is 40.9 Å². The van der Waals surface area contributed by atoms with Gasteiger partial charge in [-0.3, -0.25) is 0 Å². The van der Waals surface area contributed by atoms with Gasteiger partial charge >= 0.3 is 6.36 Å². The second-order valence-corrected chi connectivity index (χ2v) is 5.68. The number of nitrogens with two attached hydrogens (primary N) is 1. The fourth-order valence-corrected chi connectivity index (χ4v) is 2.80. The number of ether oxygens (including phenoxy) is 3. The van der Waals surface area contributed by atoms with Crippen molar-refractivity contribution < 1.29 is 27.4 Å². The van der Waals surface area contributed by atoms with Gasteiger partial charge in [-0.1, -0.05) is 28.1 Å². The third-order valence-electron chi connectivity index (χ3n) is 3.30. The highest BCUT2D eigenvalue weighted by Crippen LogP contribution is 2.40. The topological polar surface area (TPSA) is 53.7 Å². The number of halogens is 5. The van der Waals surface area contributed by atoms with Gasteiger partial charge in [0, 0.05) is 4.47 Å². The van der Waals surface area contributed by atoms with Gasteiger partial charge in [-0.25, -0.2) is 0 Å². The van der Waals surface area contributed by atoms with E-state index < -0.39 is 12.4 Å². The maximum Gasteiger partial charge on any atom is 0.573 e. The zero-order valence-corrected chi connectivity index (χ0v) is 14.4. The molecule has 24 heavy (non-hydrogen) atoms. The molecule has 4 nitrogen and oxygen atoms in total. The van der Waals surface area contributed by atoms with E-state index in [1.807, 2.05) is 0 Å². The van der Waals surface area contributed by atoms with Gasteiger partial charge in [-0.15, -0.1) is 25.6 Å². The van der Waals surface area contributed by atoms with Gasteiger partial charge in [-0.2, -0.15) is 0 Å². The summed E-state index contributed by atoms with van der Waals surface area (Å²) in [5.74, 6) is 0.899. The normalized spacial score (nSPS) is 14.0. The van der Waals surface area contributed by atoms with Crippen LogP contribution in [0.1, 0.15) is 17.2 Å². The average molecular weight is 427 g/mol. The molecule has 2 aromatic rings. The Hall–Kier alpha value is -1.64. The van der Waals surface area contributed by atoms with Crippen LogP contribution in [0.2, 0.25) is 0 Å². The molecule has 0 bridgehead atoms. The summed E-state index contributed by atoms with van der Waals surface area (Å²) in [7, 11) is 0. The molecule has 0 saturated carbocycles.